The molecular formula is C32H38FN5O8S. The first-order valence-electron chi connectivity index (χ1n) is 14.9. The minimum atomic E-state index is -4.22. The van der Waals surface area contributed by atoms with E-state index >= 15 is 0 Å². The quantitative estimate of drug-likeness (QED) is 0.199. The van der Waals surface area contributed by atoms with Crippen LogP contribution in [0, 0.1) is 26.6 Å². The molecule has 0 spiro atoms. The van der Waals surface area contributed by atoms with Crippen LogP contribution in [0.5, 0.6) is 0 Å². The van der Waals surface area contributed by atoms with Gasteiger partial charge in [0, 0.05) is 19.3 Å². The maximum absolute atomic E-state index is 13.2. The zero-order valence-electron chi connectivity index (χ0n) is 26.2. The molecule has 0 bridgehead atoms. The van der Waals surface area contributed by atoms with Gasteiger partial charge in [-0.2, -0.15) is 4.72 Å². The summed E-state index contributed by atoms with van der Waals surface area (Å²) in [5.74, 6) is -1.94. The number of pyridine rings is 1. The lowest BCUT2D eigenvalue weighted by Gasteiger charge is -2.24. The van der Waals surface area contributed by atoms with Crippen molar-refractivity contribution in [2.75, 3.05) is 31.6 Å². The predicted octanol–water partition coefficient (Wildman–Crippen LogP) is 2.90. The molecule has 4 N–H and O–H groups in total. The van der Waals surface area contributed by atoms with Gasteiger partial charge in [-0.05, 0) is 68.1 Å². The number of rotatable bonds is 14. The molecule has 47 heavy (non-hydrogen) atoms. The van der Waals surface area contributed by atoms with E-state index < -0.39 is 59.1 Å². The average molecular weight is 672 g/mol. The highest BCUT2D eigenvalue weighted by molar-refractivity contribution is 7.89. The summed E-state index contributed by atoms with van der Waals surface area (Å²) < 4.78 is 52.8. The number of halogens is 1. The van der Waals surface area contributed by atoms with Crippen molar-refractivity contribution in [1.29, 1.82) is 0 Å². The molecule has 13 nitrogen and oxygen atoms in total. The number of aryl methyl sites for hydroxylation is 3. The van der Waals surface area contributed by atoms with Crippen LogP contribution in [-0.4, -0.2) is 85.8 Å². The number of carbonyl (C=O) groups excluding carboxylic acids is 2. The first-order valence-corrected chi connectivity index (χ1v) is 16.3. The molecule has 1 aliphatic heterocycles. The number of carboxylic acids is 1. The number of hydrogen-bond acceptors (Lipinski definition) is 9. The molecular weight excluding hydrogens is 633 g/mol. The van der Waals surface area contributed by atoms with Gasteiger partial charge in [0.15, 0.2) is 0 Å². The highest BCUT2D eigenvalue weighted by Gasteiger charge is 2.37. The van der Waals surface area contributed by atoms with Crippen molar-refractivity contribution in [3.8, 4) is 0 Å². The molecule has 0 radical (unpaired) electrons. The summed E-state index contributed by atoms with van der Waals surface area (Å²) in [5, 5.41) is 15.2. The summed E-state index contributed by atoms with van der Waals surface area (Å²) in [6.45, 7) is 4.44. The van der Waals surface area contributed by atoms with Crippen LogP contribution < -0.4 is 15.4 Å². The van der Waals surface area contributed by atoms with Gasteiger partial charge < -0.3 is 30.1 Å². The Morgan fingerprint density at radius 3 is 2.43 bits per heavy atom. The van der Waals surface area contributed by atoms with Gasteiger partial charge in [0.05, 0.1) is 23.6 Å². The van der Waals surface area contributed by atoms with E-state index in [1.807, 2.05) is 13.0 Å². The third-order valence-electron chi connectivity index (χ3n) is 7.49. The van der Waals surface area contributed by atoms with Crippen LogP contribution in [0.25, 0.3) is 0 Å². The summed E-state index contributed by atoms with van der Waals surface area (Å²) in [5.41, 5.74) is 2.41. The van der Waals surface area contributed by atoms with Crippen molar-refractivity contribution in [2.45, 2.75) is 56.9 Å². The summed E-state index contributed by atoms with van der Waals surface area (Å²) >= 11 is 0. The Balaban J connectivity index is 1.33. The lowest BCUT2D eigenvalue weighted by atomic mass is 10.1. The van der Waals surface area contributed by atoms with E-state index in [-0.39, 0.29) is 24.1 Å². The molecule has 1 aromatic heterocycles. The molecule has 15 heteroatoms. The molecule has 4 rings (SSSR count). The Bertz CT molecular complexity index is 1650. The smallest absolute Gasteiger partial charge is 0.410 e. The summed E-state index contributed by atoms with van der Waals surface area (Å²) in [6, 6.07) is 12.3. The molecule has 0 aliphatic carbocycles. The lowest BCUT2D eigenvalue weighted by molar-refractivity contribution is -0.139. The number of benzene rings is 2. The van der Waals surface area contributed by atoms with Crippen molar-refractivity contribution in [1.82, 2.24) is 19.9 Å². The summed E-state index contributed by atoms with van der Waals surface area (Å²) in [6.07, 6.45) is 0.802. The van der Waals surface area contributed by atoms with Crippen molar-refractivity contribution < 1.29 is 41.8 Å². The van der Waals surface area contributed by atoms with E-state index in [2.05, 4.69) is 20.3 Å². The number of amides is 2. The summed E-state index contributed by atoms with van der Waals surface area (Å²) in [7, 11) is -4.22. The van der Waals surface area contributed by atoms with Crippen molar-refractivity contribution in [2.24, 2.45) is 0 Å². The Labute approximate surface area is 272 Å². The van der Waals surface area contributed by atoms with Gasteiger partial charge in [-0.25, -0.2) is 22.6 Å². The van der Waals surface area contributed by atoms with E-state index in [1.54, 1.807) is 44.3 Å². The molecule has 2 heterocycles. The van der Waals surface area contributed by atoms with Crippen LogP contribution in [0.4, 0.5) is 15.0 Å². The minimum Gasteiger partial charge on any atom is -0.480 e. The van der Waals surface area contributed by atoms with Crippen molar-refractivity contribution >= 4 is 33.8 Å². The normalized spacial score (nSPS) is 16.8. The van der Waals surface area contributed by atoms with E-state index in [4.69, 9.17) is 9.47 Å². The Morgan fingerprint density at radius 2 is 1.79 bits per heavy atom. The number of carboxylic acid groups (broad SMARTS) is 1. The maximum atomic E-state index is 13.2. The topological polar surface area (TPSA) is 176 Å². The monoisotopic (exact) mass is 671 g/mol. The zero-order chi connectivity index (χ0) is 34.1. The Hall–Kier alpha value is -4.60. The number of aliphatic carboxylic acids is 1. The number of aromatic nitrogens is 1. The van der Waals surface area contributed by atoms with Crippen LogP contribution in [0.15, 0.2) is 65.7 Å². The zero-order valence-corrected chi connectivity index (χ0v) is 27.1. The SMILES string of the molecule is Cc1cc(C)c(S(=O)(=O)N[C@@H](CNC(=O)CO[C@@H]2C[C@@H](CNc3ccccn3)N(C(=O)OCc3ccc(F)cc3)C2)C(=O)O)c(C)c1. The lowest BCUT2D eigenvalue weighted by Crippen LogP contribution is -2.49. The Morgan fingerprint density at radius 1 is 1.09 bits per heavy atom. The van der Waals surface area contributed by atoms with E-state index in [0.29, 0.717) is 35.5 Å². The van der Waals surface area contributed by atoms with Crippen LogP contribution in [0.2, 0.25) is 0 Å². The number of likely N-dealkylation sites (tertiary alicyclic amines) is 1. The number of ether oxygens (including phenoxy) is 2. The number of nitrogens with zero attached hydrogens (tertiary/aromatic N) is 2. The number of hydrogen-bond donors (Lipinski definition) is 4. The molecule has 1 aliphatic rings. The third kappa shape index (κ3) is 9.94. The van der Waals surface area contributed by atoms with Crippen LogP contribution >= 0.6 is 0 Å². The largest absolute Gasteiger partial charge is 0.480 e. The molecule has 252 valence electrons. The van der Waals surface area contributed by atoms with Crippen molar-refractivity contribution in [3.63, 3.8) is 0 Å². The average Bonchev–Trinajstić information content (AvgIpc) is 3.43. The second-order valence-electron chi connectivity index (χ2n) is 11.3. The van der Waals surface area contributed by atoms with Crippen LogP contribution in [0.1, 0.15) is 28.7 Å². The van der Waals surface area contributed by atoms with E-state index in [1.165, 1.54) is 29.2 Å². The molecule has 3 aromatic rings. The molecule has 0 unspecified atom stereocenters. The molecule has 3 atom stereocenters. The van der Waals surface area contributed by atoms with E-state index in [9.17, 15) is 32.3 Å². The third-order valence-corrected chi connectivity index (χ3v) is 9.27. The Kier molecular flexibility index (Phi) is 11.9. The number of anilines is 1. The van der Waals surface area contributed by atoms with Crippen LogP contribution in [-0.2, 0) is 35.7 Å². The molecule has 2 aromatic carbocycles. The fourth-order valence-electron chi connectivity index (χ4n) is 5.39. The molecule has 0 saturated carbocycles. The maximum Gasteiger partial charge on any atom is 0.410 e. The summed E-state index contributed by atoms with van der Waals surface area (Å²) in [4.78, 5) is 43.3. The van der Waals surface area contributed by atoms with E-state index in [0.717, 1.165) is 5.56 Å². The highest BCUT2D eigenvalue weighted by Crippen LogP contribution is 2.23. The predicted molar refractivity (Wildman–Crippen MR) is 170 cm³/mol. The van der Waals surface area contributed by atoms with Gasteiger partial charge in [-0.15, -0.1) is 0 Å². The van der Waals surface area contributed by atoms with Crippen LogP contribution in [0.3, 0.4) is 0 Å². The van der Waals surface area contributed by atoms with Crippen molar-refractivity contribution in [3.05, 3.63) is 88.9 Å². The van der Waals surface area contributed by atoms with Gasteiger partial charge in [-0.1, -0.05) is 35.9 Å². The molecule has 2 amide bonds. The van der Waals surface area contributed by atoms with Gasteiger partial charge in [0.2, 0.25) is 15.9 Å². The number of nitrogens with one attached hydrogen (secondary N) is 3. The van der Waals surface area contributed by atoms with Gasteiger partial charge in [-0.3, -0.25) is 9.59 Å². The van der Waals surface area contributed by atoms with Gasteiger partial charge >= 0.3 is 12.1 Å². The highest BCUT2D eigenvalue weighted by atomic mass is 32.2. The standard InChI is InChI=1S/C32H38FN5O8S/c1-20-12-21(2)30(22(3)13-20)47(43,44)37-27(31(40)41)16-36-29(39)19-45-26-14-25(15-35-28-6-4-5-11-34-28)38(17-26)32(42)46-18-23-7-9-24(33)10-8-23/h4-13,25-27,37H,14-19H2,1-3H3,(H,34,35)(H,36,39)(H,40,41)/t25-,26+,27-/m0/s1. The number of carbonyl (C=O) groups is 3. The molecule has 1 fully saturated rings. The second-order valence-corrected chi connectivity index (χ2v) is 12.9. The number of sulfonamides is 1. The molecule has 1 saturated heterocycles. The second kappa shape index (κ2) is 15.8. The van der Waals surface area contributed by atoms with Gasteiger partial charge in [0.25, 0.3) is 0 Å². The van der Waals surface area contributed by atoms with Gasteiger partial charge in [0.1, 0.15) is 30.9 Å². The first kappa shape index (κ1) is 35.3. The fourth-order valence-corrected chi connectivity index (χ4v) is 7.03. The first-order chi connectivity index (χ1) is 22.3. The fraction of sp³-hybridized carbons (Fsp3) is 0.375. The minimum absolute atomic E-state index is 0.0157.